The van der Waals surface area contributed by atoms with Gasteiger partial charge >= 0.3 is 12.0 Å². The van der Waals surface area contributed by atoms with Crippen LogP contribution in [0, 0.1) is 5.92 Å². The number of hydrogen-bond donors (Lipinski definition) is 1. The van der Waals surface area contributed by atoms with E-state index in [1.165, 1.54) is 33.8 Å². The average molecular weight is 416 g/mol. The molecule has 29 heavy (non-hydrogen) atoms. The van der Waals surface area contributed by atoms with Crippen LogP contribution in [0.3, 0.4) is 0 Å². The molecule has 0 spiro atoms. The van der Waals surface area contributed by atoms with Crippen LogP contribution in [0.15, 0.2) is 18.3 Å². The molecule has 0 saturated heterocycles. The van der Waals surface area contributed by atoms with Crippen molar-refractivity contribution in [3.63, 3.8) is 0 Å². The molecule has 1 aliphatic carbocycles. The lowest BCUT2D eigenvalue weighted by Crippen LogP contribution is -2.45. The normalized spacial score (nSPS) is 17.9. The lowest BCUT2D eigenvalue weighted by molar-refractivity contribution is -0.141. The Labute approximate surface area is 175 Å². The zero-order chi connectivity index (χ0) is 20.5. The van der Waals surface area contributed by atoms with Gasteiger partial charge in [-0.25, -0.2) is 4.79 Å². The second kappa shape index (κ2) is 8.22. The molecule has 7 heteroatoms. The van der Waals surface area contributed by atoms with Gasteiger partial charge < -0.3 is 19.5 Å². The van der Waals surface area contributed by atoms with Gasteiger partial charge in [-0.1, -0.05) is 13.8 Å². The van der Waals surface area contributed by atoms with Gasteiger partial charge in [-0.15, -0.1) is 11.3 Å². The molecule has 3 heterocycles. The number of hydrogen-bond acceptors (Lipinski definition) is 4. The molecule has 0 aromatic carbocycles. The first kappa shape index (κ1) is 20.0. The van der Waals surface area contributed by atoms with Gasteiger partial charge in [0.25, 0.3) is 0 Å². The highest BCUT2D eigenvalue weighted by Crippen LogP contribution is 2.43. The molecular weight excluding hydrogens is 386 g/mol. The van der Waals surface area contributed by atoms with Crippen molar-refractivity contribution in [2.45, 2.75) is 59.0 Å². The first-order valence-electron chi connectivity index (χ1n) is 10.5. The van der Waals surface area contributed by atoms with Crippen LogP contribution in [0.1, 0.15) is 61.4 Å². The van der Waals surface area contributed by atoms with Crippen LogP contribution in [0.4, 0.5) is 4.79 Å². The summed E-state index contributed by atoms with van der Waals surface area (Å²) in [5, 5.41) is 4.04. The number of rotatable bonds is 4. The number of urea groups is 1. The van der Waals surface area contributed by atoms with E-state index in [4.69, 9.17) is 4.74 Å². The van der Waals surface area contributed by atoms with Crippen molar-refractivity contribution >= 4 is 23.3 Å². The third-order valence-electron chi connectivity index (χ3n) is 5.81. The Hall–Kier alpha value is -2.28. The van der Waals surface area contributed by atoms with Crippen LogP contribution < -0.4 is 5.32 Å². The molecule has 1 N–H and O–H groups in total. The number of esters is 1. The summed E-state index contributed by atoms with van der Waals surface area (Å²) < 4.78 is 7.25. The lowest BCUT2D eigenvalue weighted by Gasteiger charge is -2.33. The number of fused-ring (bicyclic) bond motifs is 5. The van der Waals surface area contributed by atoms with E-state index in [0.29, 0.717) is 13.2 Å². The summed E-state index contributed by atoms with van der Waals surface area (Å²) in [7, 11) is 0. The SMILES string of the molecule is CCOC(=O)CNC(=O)N1Cc2c(sc3c2CCCC3)-n2cccc2[C@@H]1C(C)C. The molecule has 0 saturated carbocycles. The number of nitrogens with one attached hydrogen (secondary N) is 1. The van der Waals surface area contributed by atoms with Crippen LogP contribution in [-0.4, -0.2) is 34.6 Å². The average Bonchev–Trinajstić information content (AvgIpc) is 3.27. The van der Waals surface area contributed by atoms with Crippen molar-refractivity contribution in [3.8, 4) is 5.00 Å². The molecule has 0 radical (unpaired) electrons. The molecule has 2 aromatic rings. The summed E-state index contributed by atoms with van der Waals surface area (Å²) >= 11 is 1.88. The number of amides is 2. The second-order valence-corrected chi connectivity index (χ2v) is 9.16. The molecule has 2 amide bonds. The molecule has 6 nitrogen and oxygen atoms in total. The summed E-state index contributed by atoms with van der Waals surface area (Å²) in [4.78, 5) is 28.3. The monoisotopic (exact) mass is 415 g/mol. The maximum Gasteiger partial charge on any atom is 0.325 e. The van der Waals surface area contributed by atoms with Crippen LogP contribution in [-0.2, 0) is 28.9 Å². The molecule has 1 atom stereocenters. The molecular formula is C22H29N3O3S. The molecule has 2 aliphatic rings. The number of nitrogens with zero attached hydrogens (tertiary/aromatic N) is 2. The van der Waals surface area contributed by atoms with E-state index in [1.54, 1.807) is 6.92 Å². The third-order valence-corrected chi connectivity index (χ3v) is 7.14. The summed E-state index contributed by atoms with van der Waals surface area (Å²) in [6.45, 7) is 6.82. The highest BCUT2D eigenvalue weighted by Gasteiger charge is 2.36. The van der Waals surface area contributed by atoms with Crippen LogP contribution in [0.2, 0.25) is 0 Å². The van der Waals surface area contributed by atoms with E-state index in [1.807, 2.05) is 16.2 Å². The van der Waals surface area contributed by atoms with Gasteiger partial charge in [0.15, 0.2) is 0 Å². The highest BCUT2D eigenvalue weighted by atomic mass is 32.1. The first-order chi connectivity index (χ1) is 14.0. The van der Waals surface area contributed by atoms with Gasteiger partial charge in [0.1, 0.15) is 11.5 Å². The zero-order valence-corrected chi connectivity index (χ0v) is 18.2. The minimum Gasteiger partial charge on any atom is -0.465 e. The Bertz CT molecular complexity index is 915. The molecule has 0 fully saturated rings. The van der Waals surface area contributed by atoms with E-state index in [9.17, 15) is 9.59 Å². The van der Waals surface area contributed by atoms with E-state index in [2.05, 4.69) is 42.1 Å². The Kier molecular flexibility index (Phi) is 5.67. The Morgan fingerprint density at radius 3 is 2.83 bits per heavy atom. The summed E-state index contributed by atoms with van der Waals surface area (Å²) in [6, 6.07) is 3.90. The molecule has 4 rings (SSSR count). The van der Waals surface area contributed by atoms with Crippen LogP contribution in [0.5, 0.6) is 0 Å². The largest absolute Gasteiger partial charge is 0.465 e. The summed E-state index contributed by atoms with van der Waals surface area (Å²) in [6.07, 6.45) is 6.78. The van der Waals surface area contributed by atoms with Crippen molar-refractivity contribution < 1.29 is 14.3 Å². The van der Waals surface area contributed by atoms with Gasteiger partial charge in [-0.3, -0.25) is 4.79 Å². The number of carbonyl (C=O) groups is 2. The van der Waals surface area contributed by atoms with Gasteiger partial charge in [0.05, 0.1) is 19.2 Å². The lowest BCUT2D eigenvalue weighted by atomic mass is 9.94. The van der Waals surface area contributed by atoms with E-state index in [0.717, 1.165) is 18.5 Å². The van der Waals surface area contributed by atoms with E-state index < -0.39 is 5.97 Å². The third kappa shape index (κ3) is 3.68. The van der Waals surface area contributed by atoms with Crippen LogP contribution in [0.25, 0.3) is 5.00 Å². The minimum atomic E-state index is -0.409. The molecule has 0 bridgehead atoms. The predicted octanol–water partition coefficient (Wildman–Crippen LogP) is 4.20. The molecule has 1 aliphatic heterocycles. The first-order valence-corrected chi connectivity index (χ1v) is 11.3. The maximum absolute atomic E-state index is 13.2. The van der Waals surface area contributed by atoms with Crippen molar-refractivity contribution in [3.05, 3.63) is 40.0 Å². The Balaban J connectivity index is 1.72. The van der Waals surface area contributed by atoms with Gasteiger partial charge in [0, 0.05) is 22.3 Å². The maximum atomic E-state index is 13.2. The molecule has 0 unspecified atom stereocenters. The number of aryl methyl sites for hydroxylation is 1. The predicted molar refractivity (Wildman–Crippen MR) is 113 cm³/mol. The van der Waals surface area contributed by atoms with Gasteiger partial charge in [-0.05, 0) is 56.2 Å². The smallest absolute Gasteiger partial charge is 0.325 e. The fourth-order valence-electron chi connectivity index (χ4n) is 4.58. The number of thiophene rings is 1. The Morgan fingerprint density at radius 2 is 2.07 bits per heavy atom. The van der Waals surface area contributed by atoms with Crippen molar-refractivity contribution in [2.75, 3.05) is 13.2 Å². The second-order valence-electron chi connectivity index (χ2n) is 8.08. The molecule has 2 aromatic heterocycles. The Morgan fingerprint density at radius 1 is 1.28 bits per heavy atom. The van der Waals surface area contributed by atoms with Crippen molar-refractivity contribution in [1.29, 1.82) is 0 Å². The van der Waals surface area contributed by atoms with Crippen molar-refractivity contribution in [2.24, 2.45) is 5.92 Å². The number of aromatic nitrogens is 1. The summed E-state index contributed by atoms with van der Waals surface area (Å²) in [5.41, 5.74) is 3.84. The quantitative estimate of drug-likeness (QED) is 0.761. The fraction of sp³-hybridized carbons (Fsp3) is 0.545. The number of ether oxygens (including phenoxy) is 1. The highest BCUT2D eigenvalue weighted by molar-refractivity contribution is 7.15. The van der Waals surface area contributed by atoms with E-state index >= 15 is 0 Å². The van der Waals surface area contributed by atoms with Crippen LogP contribution >= 0.6 is 11.3 Å². The zero-order valence-electron chi connectivity index (χ0n) is 17.4. The number of carbonyl (C=O) groups excluding carboxylic acids is 2. The topological polar surface area (TPSA) is 63.6 Å². The minimum absolute atomic E-state index is 0.0639. The van der Waals surface area contributed by atoms with Crippen molar-refractivity contribution in [1.82, 2.24) is 14.8 Å². The summed E-state index contributed by atoms with van der Waals surface area (Å²) in [5.74, 6) is -0.171. The van der Waals surface area contributed by atoms with Gasteiger partial charge in [-0.2, -0.15) is 0 Å². The standard InChI is InChI=1S/C22H29N3O3S/c1-4-28-19(26)12-23-22(27)25-13-16-15-8-5-6-10-18(15)29-21(16)24-11-7-9-17(24)20(25)14(2)3/h7,9,11,14,20H,4-6,8,10,12-13H2,1-3H3,(H,23,27)/t20-/m0/s1. The van der Waals surface area contributed by atoms with E-state index in [-0.39, 0.29) is 24.5 Å². The van der Waals surface area contributed by atoms with Gasteiger partial charge in [0.2, 0.25) is 0 Å². The molecule has 156 valence electrons. The fourth-order valence-corrected chi connectivity index (χ4v) is 5.99.